The second-order valence-corrected chi connectivity index (χ2v) is 5.84. The lowest BCUT2D eigenvalue weighted by atomic mass is 10.1. The van der Waals surface area contributed by atoms with Gasteiger partial charge in [-0.3, -0.25) is 0 Å². The van der Waals surface area contributed by atoms with Crippen molar-refractivity contribution in [3.05, 3.63) is 47.2 Å². The summed E-state index contributed by atoms with van der Waals surface area (Å²) in [6.07, 6.45) is 2.25. The van der Waals surface area contributed by atoms with Crippen LogP contribution in [0.5, 0.6) is 0 Å². The van der Waals surface area contributed by atoms with Crippen LogP contribution < -0.4 is 5.73 Å². The maximum atomic E-state index is 13.3. The summed E-state index contributed by atoms with van der Waals surface area (Å²) in [7, 11) is 0. The monoisotopic (exact) mass is 301 g/mol. The standard InChI is InChI=1S/C16H13ClFN3/c17-9-1-6-15-14(7-9)20-16(21(15)11-3-4-11)12-5-2-10(18)8-13(12)19/h1-2,5-8,11H,3-4,19H2. The second kappa shape index (κ2) is 4.46. The number of nitrogen functional groups attached to an aromatic ring is 1. The van der Waals surface area contributed by atoms with E-state index in [9.17, 15) is 4.39 Å². The fraction of sp³-hybridized carbons (Fsp3) is 0.188. The Balaban J connectivity index is 2.01. The normalized spacial score (nSPS) is 14.8. The Morgan fingerprint density at radius 2 is 2.00 bits per heavy atom. The van der Waals surface area contributed by atoms with E-state index in [1.54, 1.807) is 6.07 Å². The molecule has 0 radical (unpaired) electrons. The van der Waals surface area contributed by atoms with Crippen molar-refractivity contribution in [2.75, 3.05) is 5.73 Å². The molecule has 0 amide bonds. The fourth-order valence-corrected chi connectivity index (χ4v) is 2.87. The highest BCUT2D eigenvalue weighted by molar-refractivity contribution is 6.31. The summed E-state index contributed by atoms with van der Waals surface area (Å²) < 4.78 is 15.5. The number of rotatable bonds is 2. The van der Waals surface area contributed by atoms with E-state index in [1.807, 2.05) is 18.2 Å². The van der Waals surface area contributed by atoms with Crippen LogP contribution in [0.2, 0.25) is 5.02 Å². The first-order chi connectivity index (χ1) is 10.1. The fourth-order valence-electron chi connectivity index (χ4n) is 2.70. The van der Waals surface area contributed by atoms with E-state index < -0.39 is 0 Å². The van der Waals surface area contributed by atoms with Crippen LogP contribution in [0.1, 0.15) is 18.9 Å². The summed E-state index contributed by atoms with van der Waals surface area (Å²) in [5.41, 5.74) is 9.02. The van der Waals surface area contributed by atoms with E-state index >= 15 is 0 Å². The zero-order valence-electron chi connectivity index (χ0n) is 11.2. The first-order valence-electron chi connectivity index (χ1n) is 6.86. The van der Waals surface area contributed by atoms with Crippen LogP contribution in [0.3, 0.4) is 0 Å². The van der Waals surface area contributed by atoms with E-state index in [-0.39, 0.29) is 5.82 Å². The third-order valence-electron chi connectivity index (χ3n) is 3.82. The minimum Gasteiger partial charge on any atom is -0.398 e. The van der Waals surface area contributed by atoms with Crippen LogP contribution in [0, 0.1) is 5.82 Å². The van der Waals surface area contributed by atoms with Gasteiger partial charge in [0.25, 0.3) is 0 Å². The molecule has 4 rings (SSSR count). The highest BCUT2D eigenvalue weighted by atomic mass is 35.5. The first kappa shape index (κ1) is 12.7. The lowest BCUT2D eigenvalue weighted by Crippen LogP contribution is -2.00. The molecule has 21 heavy (non-hydrogen) atoms. The number of anilines is 1. The number of hydrogen-bond acceptors (Lipinski definition) is 2. The van der Waals surface area contributed by atoms with Gasteiger partial charge in [-0.1, -0.05) is 11.6 Å². The highest BCUT2D eigenvalue weighted by Crippen LogP contribution is 2.42. The summed E-state index contributed by atoms with van der Waals surface area (Å²) in [6.45, 7) is 0. The quantitative estimate of drug-likeness (QED) is 0.712. The summed E-state index contributed by atoms with van der Waals surface area (Å²) in [5.74, 6) is 0.445. The molecule has 0 unspecified atom stereocenters. The van der Waals surface area contributed by atoms with Gasteiger partial charge in [0.05, 0.1) is 11.0 Å². The van der Waals surface area contributed by atoms with Gasteiger partial charge in [0.2, 0.25) is 0 Å². The van der Waals surface area contributed by atoms with Gasteiger partial charge in [-0.05, 0) is 49.2 Å². The molecule has 5 heteroatoms. The Morgan fingerprint density at radius 3 is 2.71 bits per heavy atom. The topological polar surface area (TPSA) is 43.8 Å². The number of fused-ring (bicyclic) bond motifs is 1. The number of imidazole rings is 1. The van der Waals surface area contributed by atoms with E-state index in [0.717, 1.165) is 35.3 Å². The van der Waals surface area contributed by atoms with Crippen molar-refractivity contribution >= 4 is 28.3 Å². The molecule has 106 valence electrons. The second-order valence-electron chi connectivity index (χ2n) is 5.40. The van der Waals surface area contributed by atoms with Crippen molar-refractivity contribution in [2.24, 2.45) is 0 Å². The predicted octanol–water partition coefficient (Wildman–Crippen LogP) is 4.41. The maximum Gasteiger partial charge on any atom is 0.143 e. The molecule has 0 atom stereocenters. The maximum absolute atomic E-state index is 13.3. The number of nitrogens with two attached hydrogens (primary N) is 1. The average molecular weight is 302 g/mol. The summed E-state index contributed by atoms with van der Waals surface area (Å²) in [4.78, 5) is 4.67. The zero-order chi connectivity index (χ0) is 14.6. The molecule has 3 aromatic rings. The van der Waals surface area contributed by atoms with Gasteiger partial charge in [-0.2, -0.15) is 0 Å². The molecule has 0 bridgehead atoms. The molecule has 1 aliphatic rings. The lowest BCUT2D eigenvalue weighted by molar-refractivity contribution is 0.628. The van der Waals surface area contributed by atoms with E-state index in [2.05, 4.69) is 9.55 Å². The van der Waals surface area contributed by atoms with E-state index in [1.165, 1.54) is 12.1 Å². The van der Waals surface area contributed by atoms with Crippen molar-refractivity contribution in [3.8, 4) is 11.4 Å². The molecule has 2 N–H and O–H groups in total. The van der Waals surface area contributed by atoms with Crippen LogP contribution in [-0.4, -0.2) is 9.55 Å². The van der Waals surface area contributed by atoms with Crippen LogP contribution in [0.25, 0.3) is 22.4 Å². The lowest BCUT2D eigenvalue weighted by Gasteiger charge is -2.09. The van der Waals surface area contributed by atoms with Crippen LogP contribution in [0.4, 0.5) is 10.1 Å². The van der Waals surface area contributed by atoms with Crippen molar-refractivity contribution in [1.82, 2.24) is 9.55 Å². The highest BCUT2D eigenvalue weighted by Gasteiger charge is 2.29. The third-order valence-corrected chi connectivity index (χ3v) is 4.05. The number of nitrogens with zero attached hydrogens (tertiary/aromatic N) is 2. The average Bonchev–Trinajstić information content (AvgIpc) is 3.20. The van der Waals surface area contributed by atoms with Crippen molar-refractivity contribution < 1.29 is 4.39 Å². The molecule has 1 saturated carbocycles. The molecular weight excluding hydrogens is 289 g/mol. The van der Waals surface area contributed by atoms with Gasteiger partial charge in [0, 0.05) is 22.3 Å². The molecule has 1 aromatic heterocycles. The Bertz CT molecular complexity index is 852. The number of aromatic nitrogens is 2. The molecule has 2 aromatic carbocycles. The molecule has 0 saturated heterocycles. The van der Waals surface area contributed by atoms with Crippen LogP contribution in [0.15, 0.2) is 36.4 Å². The Labute approximate surface area is 126 Å². The van der Waals surface area contributed by atoms with Gasteiger partial charge in [0.1, 0.15) is 11.6 Å². The minimum absolute atomic E-state index is 0.339. The Morgan fingerprint density at radius 1 is 1.19 bits per heavy atom. The van der Waals surface area contributed by atoms with Gasteiger partial charge in [-0.15, -0.1) is 0 Å². The largest absolute Gasteiger partial charge is 0.398 e. The summed E-state index contributed by atoms with van der Waals surface area (Å²) in [6, 6.07) is 10.6. The van der Waals surface area contributed by atoms with Gasteiger partial charge < -0.3 is 10.3 Å². The van der Waals surface area contributed by atoms with Gasteiger partial charge in [-0.25, -0.2) is 9.37 Å². The summed E-state index contributed by atoms with van der Waals surface area (Å²) >= 11 is 6.05. The van der Waals surface area contributed by atoms with Gasteiger partial charge in [0.15, 0.2) is 0 Å². The Hall–Kier alpha value is -2.07. The molecule has 0 spiro atoms. The zero-order valence-corrected chi connectivity index (χ0v) is 11.9. The molecule has 1 heterocycles. The molecule has 3 nitrogen and oxygen atoms in total. The van der Waals surface area contributed by atoms with E-state index in [0.29, 0.717) is 16.8 Å². The SMILES string of the molecule is Nc1cc(F)ccc1-c1nc2cc(Cl)ccc2n1C1CC1. The third kappa shape index (κ3) is 2.07. The molecule has 1 fully saturated rings. The number of hydrogen-bond donors (Lipinski definition) is 1. The molecular formula is C16H13ClFN3. The van der Waals surface area contributed by atoms with Gasteiger partial charge >= 0.3 is 0 Å². The first-order valence-corrected chi connectivity index (χ1v) is 7.24. The number of benzene rings is 2. The smallest absolute Gasteiger partial charge is 0.143 e. The van der Waals surface area contributed by atoms with E-state index in [4.69, 9.17) is 17.3 Å². The van der Waals surface area contributed by atoms with Crippen molar-refractivity contribution in [2.45, 2.75) is 18.9 Å². The molecule has 1 aliphatic carbocycles. The van der Waals surface area contributed by atoms with Crippen LogP contribution in [-0.2, 0) is 0 Å². The predicted molar refractivity (Wildman–Crippen MR) is 82.8 cm³/mol. The Kier molecular flexibility index (Phi) is 2.69. The number of halogens is 2. The summed E-state index contributed by atoms with van der Waals surface area (Å²) in [5, 5.41) is 0.654. The molecule has 0 aliphatic heterocycles. The van der Waals surface area contributed by atoms with Crippen LogP contribution >= 0.6 is 11.6 Å². The van der Waals surface area contributed by atoms with Crippen molar-refractivity contribution in [1.29, 1.82) is 0 Å². The van der Waals surface area contributed by atoms with Crippen molar-refractivity contribution in [3.63, 3.8) is 0 Å². The minimum atomic E-state index is -0.339.